The number of hydrogen-bond donors (Lipinski definition) is 0. The zero-order valence-electron chi connectivity index (χ0n) is 15.4. The summed E-state index contributed by atoms with van der Waals surface area (Å²) in [5.74, 6) is 3.58. The molecule has 0 heteroatoms. The van der Waals surface area contributed by atoms with E-state index in [1.54, 1.807) is 0 Å². The van der Waals surface area contributed by atoms with Crippen molar-refractivity contribution in [1.29, 1.82) is 0 Å². The van der Waals surface area contributed by atoms with E-state index in [2.05, 4.69) is 41.5 Å². The van der Waals surface area contributed by atoms with Gasteiger partial charge in [-0.2, -0.15) is 0 Å². The van der Waals surface area contributed by atoms with Crippen LogP contribution in [0, 0.1) is 23.7 Å². The molecule has 4 atom stereocenters. The first-order chi connectivity index (χ1) is 9.54. The van der Waals surface area contributed by atoms with Gasteiger partial charge in [-0.3, -0.25) is 0 Å². The fourth-order valence-electron chi connectivity index (χ4n) is 3.35. The molecule has 0 aromatic rings. The minimum Gasteiger partial charge on any atom is -0.0654 e. The van der Waals surface area contributed by atoms with Crippen LogP contribution in [0.4, 0.5) is 0 Å². The Bertz CT molecular complexity index is 174. The Labute approximate surface area is 130 Å². The molecule has 0 N–H and O–H groups in total. The normalized spacial score (nSPS) is 17.7. The lowest BCUT2D eigenvalue weighted by atomic mass is 9.75. The molecular formula is C20H42. The van der Waals surface area contributed by atoms with Gasteiger partial charge in [0, 0.05) is 0 Å². The van der Waals surface area contributed by atoms with Crippen molar-refractivity contribution in [2.75, 3.05) is 0 Å². The van der Waals surface area contributed by atoms with Gasteiger partial charge in [0.25, 0.3) is 0 Å². The molecule has 122 valence electrons. The first kappa shape index (κ1) is 20.0. The van der Waals surface area contributed by atoms with E-state index in [9.17, 15) is 0 Å². The first-order valence-corrected chi connectivity index (χ1v) is 9.54. The minimum atomic E-state index is 0.887. The average molecular weight is 283 g/mol. The molecule has 0 aliphatic rings. The van der Waals surface area contributed by atoms with Gasteiger partial charge in [-0.05, 0) is 23.7 Å². The van der Waals surface area contributed by atoms with Crippen molar-refractivity contribution < 1.29 is 0 Å². The molecule has 0 rings (SSSR count). The van der Waals surface area contributed by atoms with Gasteiger partial charge in [0.05, 0.1) is 0 Å². The van der Waals surface area contributed by atoms with Gasteiger partial charge >= 0.3 is 0 Å². The highest BCUT2D eigenvalue weighted by atomic mass is 14.3. The summed E-state index contributed by atoms with van der Waals surface area (Å²) in [5, 5.41) is 0. The second-order valence-corrected chi connectivity index (χ2v) is 7.37. The van der Waals surface area contributed by atoms with Crippen LogP contribution in [-0.2, 0) is 0 Å². The summed E-state index contributed by atoms with van der Waals surface area (Å²) >= 11 is 0. The molecule has 0 aromatic carbocycles. The highest BCUT2D eigenvalue weighted by Gasteiger charge is 2.23. The molecule has 0 aliphatic heterocycles. The predicted molar refractivity (Wildman–Crippen MR) is 94.2 cm³/mol. The fraction of sp³-hybridized carbons (Fsp3) is 1.00. The lowest BCUT2D eigenvalue weighted by Crippen LogP contribution is -2.22. The van der Waals surface area contributed by atoms with Crippen molar-refractivity contribution in [3.05, 3.63) is 0 Å². The van der Waals surface area contributed by atoms with Crippen LogP contribution in [0.2, 0.25) is 0 Å². The summed E-state index contributed by atoms with van der Waals surface area (Å²) in [5.41, 5.74) is 0. The van der Waals surface area contributed by atoms with Crippen LogP contribution in [0.15, 0.2) is 0 Å². The van der Waals surface area contributed by atoms with Crippen molar-refractivity contribution in [2.24, 2.45) is 23.7 Å². The van der Waals surface area contributed by atoms with Gasteiger partial charge in [0.1, 0.15) is 0 Å². The highest BCUT2D eigenvalue weighted by molar-refractivity contribution is 4.73. The van der Waals surface area contributed by atoms with Gasteiger partial charge in [0.15, 0.2) is 0 Å². The van der Waals surface area contributed by atoms with E-state index in [1.165, 1.54) is 64.2 Å². The summed E-state index contributed by atoms with van der Waals surface area (Å²) in [6, 6.07) is 0. The molecule has 0 saturated carbocycles. The van der Waals surface area contributed by atoms with Crippen LogP contribution in [0.1, 0.15) is 106 Å². The highest BCUT2D eigenvalue weighted by Crippen LogP contribution is 2.32. The molecular weight excluding hydrogens is 240 g/mol. The van der Waals surface area contributed by atoms with Gasteiger partial charge in [-0.1, -0.05) is 106 Å². The lowest BCUT2D eigenvalue weighted by molar-refractivity contribution is 0.192. The van der Waals surface area contributed by atoms with Crippen LogP contribution >= 0.6 is 0 Å². The molecule has 0 fully saturated rings. The topological polar surface area (TPSA) is 0 Å². The Balaban J connectivity index is 3.88. The summed E-state index contributed by atoms with van der Waals surface area (Å²) in [7, 11) is 0. The van der Waals surface area contributed by atoms with E-state index in [4.69, 9.17) is 0 Å². The third-order valence-corrected chi connectivity index (χ3v) is 5.65. The van der Waals surface area contributed by atoms with Gasteiger partial charge in [-0.15, -0.1) is 0 Å². The molecule has 0 heterocycles. The Morgan fingerprint density at radius 2 is 0.850 bits per heavy atom. The Hall–Kier alpha value is 0. The molecule has 0 saturated heterocycles. The lowest BCUT2D eigenvalue weighted by Gasteiger charge is -2.31. The molecule has 0 radical (unpaired) electrons. The predicted octanol–water partition coefficient (Wildman–Crippen LogP) is 7.47. The summed E-state index contributed by atoms with van der Waals surface area (Å²) in [6.45, 7) is 14.6. The third kappa shape index (κ3) is 9.03. The number of unbranched alkanes of at least 4 members (excludes halogenated alkanes) is 6. The van der Waals surface area contributed by atoms with E-state index in [-0.39, 0.29) is 0 Å². The standard InChI is InChI=1S/C20H42/c1-7-9-11-13-15-17(3)19(5)20(6)18(4)16-14-12-10-8-2/h17-20H,7-16H2,1-6H3. The van der Waals surface area contributed by atoms with Gasteiger partial charge in [0.2, 0.25) is 0 Å². The smallest absolute Gasteiger partial charge is 0.0389 e. The summed E-state index contributed by atoms with van der Waals surface area (Å²) < 4.78 is 0. The van der Waals surface area contributed by atoms with E-state index in [1.807, 2.05) is 0 Å². The van der Waals surface area contributed by atoms with E-state index in [0.717, 1.165) is 23.7 Å². The van der Waals surface area contributed by atoms with Crippen LogP contribution in [0.5, 0.6) is 0 Å². The first-order valence-electron chi connectivity index (χ1n) is 9.54. The van der Waals surface area contributed by atoms with Gasteiger partial charge < -0.3 is 0 Å². The maximum absolute atomic E-state index is 2.50. The molecule has 0 bridgehead atoms. The molecule has 0 amide bonds. The molecule has 0 spiro atoms. The monoisotopic (exact) mass is 282 g/mol. The zero-order valence-corrected chi connectivity index (χ0v) is 15.4. The molecule has 20 heavy (non-hydrogen) atoms. The van der Waals surface area contributed by atoms with Crippen LogP contribution < -0.4 is 0 Å². The summed E-state index contributed by atoms with van der Waals surface area (Å²) in [6.07, 6.45) is 14.2. The molecule has 4 unspecified atom stereocenters. The molecule has 0 nitrogen and oxygen atoms in total. The SMILES string of the molecule is CCCCCCC(C)C(C)C(C)C(C)CCCCCC. The van der Waals surface area contributed by atoms with Crippen molar-refractivity contribution >= 4 is 0 Å². The van der Waals surface area contributed by atoms with E-state index in [0.29, 0.717) is 0 Å². The maximum atomic E-state index is 2.50. The number of rotatable bonds is 13. The van der Waals surface area contributed by atoms with Gasteiger partial charge in [-0.25, -0.2) is 0 Å². The van der Waals surface area contributed by atoms with E-state index < -0.39 is 0 Å². The van der Waals surface area contributed by atoms with Crippen molar-refractivity contribution in [2.45, 2.75) is 106 Å². The fourth-order valence-corrected chi connectivity index (χ4v) is 3.35. The third-order valence-electron chi connectivity index (χ3n) is 5.65. The Kier molecular flexibility index (Phi) is 12.7. The second kappa shape index (κ2) is 12.7. The summed E-state index contributed by atoms with van der Waals surface area (Å²) in [4.78, 5) is 0. The number of hydrogen-bond acceptors (Lipinski definition) is 0. The van der Waals surface area contributed by atoms with Crippen molar-refractivity contribution in [1.82, 2.24) is 0 Å². The quantitative estimate of drug-likeness (QED) is 0.307. The molecule has 0 aromatic heterocycles. The zero-order chi connectivity index (χ0) is 15.4. The van der Waals surface area contributed by atoms with Crippen molar-refractivity contribution in [3.8, 4) is 0 Å². The van der Waals surface area contributed by atoms with Crippen LogP contribution in [0.3, 0.4) is 0 Å². The maximum Gasteiger partial charge on any atom is -0.0389 e. The van der Waals surface area contributed by atoms with Crippen LogP contribution in [-0.4, -0.2) is 0 Å². The Morgan fingerprint density at radius 3 is 1.15 bits per heavy atom. The van der Waals surface area contributed by atoms with Crippen LogP contribution in [0.25, 0.3) is 0 Å². The average Bonchev–Trinajstić information content (AvgIpc) is 2.46. The van der Waals surface area contributed by atoms with Crippen molar-refractivity contribution in [3.63, 3.8) is 0 Å². The minimum absolute atomic E-state index is 0.887. The van der Waals surface area contributed by atoms with E-state index >= 15 is 0 Å². The largest absolute Gasteiger partial charge is 0.0654 e. The Morgan fingerprint density at radius 1 is 0.500 bits per heavy atom. The molecule has 0 aliphatic carbocycles. The second-order valence-electron chi connectivity index (χ2n) is 7.37.